The molecule has 1 amide bonds. The summed E-state index contributed by atoms with van der Waals surface area (Å²) in [5.41, 5.74) is 7.10. The molecule has 0 aromatic heterocycles. The molecule has 0 heterocycles. The lowest BCUT2D eigenvalue weighted by atomic mass is 9.92. The van der Waals surface area contributed by atoms with Crippen molar-refractivity contribution in [2.45, 2.75) is 19.4 Å². The Labute approximate surface area is 137 Å². The van der Waals surface area contributed by atoms with E-state index in [1.165, 1.54) is 0 Å². The third kappa shape index (κ3) is 4.11. The molecule has 4 nitrogen and oxygen atoms in total. The van der Waals surface area contributed by atoms with Gasteiger partial charge in [0.25, 0.3) is 0 Å². The molecule has 0 aliphatic heterocycles. The van der Waals surface area contributed by atoms with Gasteiger partial charge in [-0.1, -0.05) is 48.5 Å². The SMILES string of the molecule is Cc1ccccc1OCCN(C)C(=O)C(C)(N)c1ccccc1. The Morgan fingerprint density at radius 2 is 1.74 bits per heavy atom. The lowest BCUT2D eigenvalue weighted by molar-refractivity contribution is -0.135. The van der Waals surface area contributed by atoms with Gasteiger partial charge in [0.1, 0.15) is 17.9 Å². The van der Waals surface area contributed by atoms with Crippen LogP contribution in [0.15, 0.2) is 54.6 Å². The molecular weight excluding hydrogens is 288 g/mol. The van der Waals surface area contributed by atoms with Crippen molar-refractivity contribution in [1.82, 2.24) is 4.90 Å². The Morgan fingerprint density at radius 1 is 1.13 bits per heavy atom. The zero-order valence-corrected chi connectivity index (χ0v) is 14.0. The predicted molar refractivity (Wildman–Crippen MR) is 92.3 cm³/mol. The van der Waals surface area contributed by atoms with Gasteiger partial charge in [-0.05, 0) is 31.0 Å². The van der Waals surface area contributed by atoms with E-state index in [0.717, 1.165) is 16.9 Å². The molecule has 2 rings (SSSR count). The molecular formula is C19H24N2O2. The Morgan fingerprint density at radius 3 is 2.39 bits per heavy atom. The second-order valence-corrected chi connectivity index (χ2v) is 5.91. The predicted octanol–water partition coefficient (Wildman–Crippen LogP) is 2.71. The fraction of sp³-hybridized carbons (Fsp3) is 0.316. The minimum atomic E-state index is -1.04. The Kier molecular flexibility index (Phi) is 5.40. The molecule has 122 valence electrons. The minimum absolute atomic E-state index is 0.128. The molecule has 23 heavy (non-hydrogen) atoms. The van der Waals surface area contributed by atoms with Crippen LogP contribution in [0.3, 0.4) is 0 Å². The molecule has 2 aromatic carbocycles. The van der Waals surface area contributed by atoms with Gasteiger partial charge in [-0.3, -0.25) is 4.79 Å². The van der Waals surface area contributed by atoms with E-state index in [1.807, 2.05) is 61.5 Å². The molecule has 4 heteroatoms. The van der Waals surface area contributed by atoms with Crippen LogP contribution in [0.25, 0.3) is 0 Å². The maximum atomic E-state index is 12.6. The average Bonchev–Trinajstić information content (AvgIpc) is 2.56. The first-order valence-corrected chi connectivity index (χ1v) is 7.71. The maximum absolute atomic E-state index is 12.6. The van der Waals surface area contributed by atoms with Crippen molar-refractivity contribution in [2.75, 3.05) is 20.2 Å². The summed E-state index contributed by atoms with van der Waals surface area (Å²) in [5.74, 6) is 0.712. The molecule has 0 saturated heterocycles. The van der Waals surface area contributed by atoms with Gasteiger partial charge in [0.15, 0.2) is 0 Å². The number of carbonyl (C=O) groups excluding carboxylic acids is 1. The summed E-state index contributed by atoms with van der Waals surface area (Å²) in [4.78, 5) is 14.2. The summed E-state index contributed by atoms with van der Waals surface area (Å²) in [6.45, 7) is 4.64. The number of rotatable bonds is 6. The van der Waals surface area contributed by atoms with E-state index in [4.69, 9.17) is 10.5 Å². The number of hydrogen-bond donors (Lipinski definition) is 1. The van der Waals surface area contributed by atoms with Crippen LogP contribution < -0.4 is 10.5 Å². The van der Waals surface area contributed by atoms with Crippen molar-refractivity contribution in [1.29, 1.82) is 0 Å². The second kappa shape index (κ2) is 7.29. The maximum Gasteiger partial charge on any atom is 0.246 e. The van der Waals surface area contributed by atoms with Crippen molar-refractivity contribution >= 4 is 5.91 Å². The first-order chi connectivity index (χ1) is 10.9. The van der Waals surface area contributed by atoms with E-state index >= 15 is 0 Å². The van der Waals surface area contributed by atoms with Crippen LogP contribution in [0.2, 0.25) is 0 Å². The van der Waals surface area contributed by atoms with Gasteiger partial charge in [0, 0.05) is 7.05 Å². The monoisotopic (exact) mass is 312 g/mol. The molecule has 1 unspecified atom stereocenters. The molecule has 0 spiro atoms. The van der Waals surface area contributed by atoms with E-state index in [2.05, 4.69) is 0 Å². The van der Waals surface area contributed by atoms with E-state index in [9.17, 15) is 4.79 Å². The number of amides is 1. The van der Waals surface area contributed by atoms with Crippen molar-refractivity contribution < 1.29 is 9.53 Å². The van der Waals surface area contributed by atoms with Crippen LogP contribution >= 0.6 is 0 Å². The molecule has 0 radical (unpaired) electrons. The number of nitrogens with zero attached hydrogens (tertiary/aromatic N) is 1. The lowest BCUT2D eigenvalue weighted by Crippen LogP contribution is -2.50. The van der Waals surface area contributed by atoms with Gasteiger partial charge >= 0.3 is 0 Å². The number of nitrogens with two attached hydrogens (primary N) is 1. The van der Waals surface area contributed by atoms with Crippen LogP contribution in [0.1, 0.15) is 18.1 Å². The normalized spacial score (nSPS) is 13.2. The first-order valence-electron chi connectivity index (χ1n) is 7.71. The highest BCUT2D eigenvalue weighted by molar-refractivity contribution is 5.86. The van der Waals surface area contributed by atoms with Gasteiger partial charge in [0.2, 0.25) is 5.91 Å². The van der Waals surface area contributed by atoms with Gasteiger partial charge < -0.3 is 15.4 Å². The number of ether oxygens (including phenoxy) is 1. The van der Waals surface area contributed by atoms with Crippen molar-refractivity contribution in [3.8, 4) is 5.75 Å². The average molecular weight is 312 g/mol. The van der Waals surface area contributed by atoms with Gasteiger partial charge in [-0.25, -0.2) is 0 Å². The lowest BCUT2D eigenvalue weighted by Gasteiger charge is -2.29. The van der Waals surface area contributed by atoms with E-state index in [1.54, 1.807) is 18.9 Å². The quantitative estimate of drug-likeness (QED) is 0.892. The molecule has 2 aromatic rings. The minimum Gasteiger partial charge on any atom is -0.491 e. The molecule has 1 atom stereocenters. The summed E-state index contributed by atoms with van der Waals surface area (Å²) in [6, 6.07) is 17.2. The fourth-order valence-electron chi connectivity index (χ4n) is 2.42. The van der Waals surface area contributed by atoms with Crippen LogP contribution in [0, 0.1) is 6.92 Å². The second-order valence-electron chi connectivity index (χ2n) is 5.91. The first kappa shape index (κ1) is 17.0. The van der Waals surface area contributed by atoms with Crippen molar-refractivity contribution in [3.05, 3.63) is 65.7 Å². The highest BCUT2D eigenvalue weighted by Crippen LogP contribution is 2.20. The van der Waals surface area contributed by atoms with E-state index in [0.29, 0.717) is 13.2 Å². The third-order valence-corrected chi connectivity index (χ3v) is 3.94. The van der Waals surface area contributed by atoms with Gasteiger partial charge in [-0.15, -0.1) is 0 Å². The molecule has 0 aliphatic rings. The van der Waals surface area contributed by atoms with Crippen molar-refractivity contribution in [3.63, 3.8) is 0 Å². The Hall–Kier alpha value is -2.33. The summed E-state index contributed by atoms with van der Waals surface area (Å²) in [5, 5.41) is 0. The number of para-hydroxylation sites is 1. The number of likely N-dealkylation sites (N-methyl/N-ethyl adjacent to an activating group) is 1. The van der Waals surface area contributed by atoms with Crippen LogP contribution in [0.4, 0.5) is 0 Å². The number of aryl methyl sites for hydroxylation is 1. The van der Waals surface area contributed by atoms with Crippen LogP contribution in [-0.2, 0) is 10.3 Å². The zero-order chi connectivity index (χ0) is 16.9. The largest absolute Gasteiger partial charge is 0.491 e. The van der Waals surface area contributed by atoms with E-state index in [-0.39, 0.29) is 5.91 Å². The Balaban J connectivity index is 1.94. The van der Waals surface area contributed by atoms with E-state index < -0.39 is 5.54 Å². The number of hydrogen-bond acceptors (Lipinski definition) is 3. The van der Waals surface area contributed by atoms with Crippen molar-refractivity contribution in [2.24, 2.45) is 5.73 Å². The molecule has 0 fully saturated rings. The summed E-state index contributed by atoms with van der Waals surface area (Å²) in [7, 11) is 1.75. The van der Waals surface area contributed by atoms with Gasteiger partial charge in [-0.2, -0.15) is 0 Å². The molecule has 2 N–H and O–H groups in total. The highest BCUT2D eigenvalue weighted by Gasteiger charge is 2.32. The number of benzene rings is 2. The summed E-state index contributed by atoms with van der Waals surface area (Å²) < 4.78 is 5.74. The zero-order valence-electron chi connectivity index (χ0n) is 14.0. The molecule has 0 saturated carbocycles. The fourth-order valence-corrected chi connectivity index (χ4v) is 2.42. The van der Waals surface area contributed by atoms with Gasteiger partial charge in [0.05, 0.1) is 6.54 Å². The van der Waals surface area contributed by atoms with Crippen LogP contribution in [-0.4, -0.2) is 31.0 Å². The van der Waals surface area contributed by atoms with Crippen LogP contribution in [0.5, 0.6) is 5.75 Å². The highest BCUT2D eigenvalue weighted by atomic mass is 16.5. The summed E-state index contributed by atoms with van der Waals surface area (Å²) >= 11 is 0. The molecule has 0 bridgehead atoms. The smallest absolute Gasteiger partial charge is 0.246 e. The number of carbonyl (C=O) groups is 1. The molecule has 0 aliphatic carbocycles. The standard InChI is InChI=1S/C19H24N2O2/c1-15-9-7-8-12-17(15)23-14-13-21(3)18(22)19(2,20)16-10-5-4-6-11-16/h4-12H,13-14,20H2,1-3H3. The third-order valence-electron chi connectivity index (χ3n) is 3.94. The summed E-state index contributed by atoms with van der Waals surface area (Å²) in [6.07, 6.45) is 0. The topological polar surface area (TPSA) is 55.6 Å². The Bertz CT molecular complexity index is 653.